The van der Waals surface area contributed by atoms with Crippen molar-refractivity contribution in [2.24, 2.45) is 0 Å². The van der Waals surface area contributed by atoms with Crippen LogP contribution in [0.1, 0.15) is 0 Å². The van der Waals surface area contributed by atoms with Gasteiger partial charge in [-0.1, -0.05) is 109 Å². The Morgan fingerprint density at radius 1 is 0.419 bits per heavy atom. The van der Waals surface area contributed by atoms with E-state index < -0.39 is 0 Å². The number of benzene rings is 8. The van der Waals surface area contributed by atoms with E-state index in [1.807, 2.05) is 23.5 Å². The summed E-state index contributed by atoms with van der Waals surface area (Å²) in [5, 5.41) is 12.3. The van der Waals surface area contributed by atoms with E-state index in [4.69, 9.17) is 0 Å². The minimum atomic E-state index is -0.245. The second-order valence-corrected chi connectivity index (χ2v) is 12.0. The zero-order valence-corrected chi connectivity index (χ0v) is 23.9. The summed E-state index contributed by atoms with van der Waals surface area (Å²) in [4.78, 5) is 2.32. The number of nitrogens with zero attached hydrogens (tertiary/aromatic N) is 1. The SMILES string of the molecule is Fc1ccc(N(c2cc3ccccc3c3ccccc23)c2cccc3c2sc2c4ccccc4c4ccccc4c32)cc1. The van der Waals surface area contributed by atoms with Crippen LogP contribution in [-0.2, 0) is 0 Å². The maximum absolute atomic E-state index is 14.3. The highest BCUT2D eigenvalue weighted by Crippen LogP contribution is 2.50. The average molecular weight is 570 g/mol. The minimum absolute atomic E-state index is 0.245. The van der Waals surface area contributed by atoms with Gasteiger partial charge in [0.1, 0.15) is 5.82 Å². The van der Waals surface area contributed by atoms with Crippen LogP contribution in [0.3, 0.4) is 0 Å². The number of halogens is 1. The van der Waals surface area contributed by atoms with Gasteiger partial charge >= 0.3 is 0 Å². The van der Waals surface area contributed by atoms with Gasteiger partial charge in [0.05, 0.1) is 16.1 Å². The highest BCUT2D eigenvalue weighted by molar-refractivity contribution is 7.27. The Labute approximate surface area is 251 Å². The molecule has 0 aliphatic carbocycles. The Morgan fingerprint density at radius 2 is 0.977 bits per heavy atom. The van der Waals surface area contributed by atoms with Gasteiger partial charge in [-0.05, 0) is 68.7 Å². The maximum Gasteiger partial charge on any atom is 0.123 e. The van der Waals surface area contributed by atoms with Gasteiger partial charge in [-0.25, -0.2) is 4.39 Å². The Morgan fingerprint density at radius 3 is 1.72 bits per heavy atom. The molecule has 0 unspecified atom stereocenters. The first-order chi connectivity index (χ1) is 21.3. The predicted octanol–water partition coefficient (Wildman–Crippen LogP) is 12.3. The molecule has 0 atom stereocenters. The molecule has 43 heavy (non-hydrogen) atoms. The van der Waals surface area contributed by atoms with Gasteiger partial charge in [0.2, 0.25) is 0 Å². The Balaban J connectivity index is 1.44. The van der Waals surface area contributed by atoms with E-state index >= 15 is 0 Å². The van der Waals surface area contributed by atoms with Gasteiger partial charge in [0, 0.05) is 31.9 Å². The highest BCUT2D eigenvalue weighted by Gasteiger charge is 2.22. The third-order valence-electron chi connectivity index (χ3n) is 8.67. The first kappa shape index (κ1) is 24.4. The van der Waals surface area contributed by atoms with Crippen LogP contribution < -0.4 is 4.90 Å². The molecule has 0 spiro atoms. The van der Waals surface area contributed by atoms with Crippen molar-refractivity contribution < 1.29 is 4.39 Å². The number of anilines is 3. The molecule has 0 radical (unpaired) electrons. The normalized spacial score (nSPS) is 11.8. The van der Waals surface area contributed by atoms with Gasteiger partial charge in [-0.15, -0.1) is 11.3 Å². The maximum atomic E-state index is 14.3. The van der Waals surface area contributed by atoms with Crippen LogP contribution in [0.4, 0.5) is 21.5 Å². The summed E-state index contributed by atoms with van der Waals surface area (Å²) in [5.41, 5.74) is 3.07. The van der Waals surface area contributed by atoms with E-state index in [1.54, 1.807) is 12.1 Å². The number of rotatable bonds is 3. The van der Waals surface area contributed by atoms with Crippen molar-refractivity contribution in [3.05, 3.63) is 151 Å². The number of fused-ring (bicyclic) bond motifs is 11. The molecule has 0 aliphatic rings. The Hall–Kier alpha value is -5.25. The van der Waals surface area contributed by atoms with Crippen molar-refractivity contribution in [1.29, 1.82) is 0 Å². The smallest absolute Gasteiger partial charge is 0.123 e. The molecule has 9 rings (SSSR count). The lowest BCUT2D eigenvalue weighted by Gasteiger charge is -2.28. The number of thiophene rings is 1. The molecule has 0 N–H and O–H groups in total. The van der Waals surface area contributed by atoms with Gasteiger partial charge in [-0.3, -0.25) is 0 Å². The molecule has 1 nitrogen and oxygen atoms in total. The third kappa shape index (κ3) is 3.62. The monoisotopic (exact) mass is 569 g/mol. The van der Waals surface area contributed by atoms with Crippen LogP contribution in [0.25, 0.3) is 63.3 Å². The van der Waals surface area contributed by atoms with Crippen molar-refractivity contribution in [1.82, 2.24) is 0 Å². The van der Waals surface area contributed by atoms with E-state index in [0.717, 1.165) is 22.4 Å². The van der Waals surface area contributed by atoms with E-state index in [-0.39, 0.29) is 5.82 Å². The zero-order chi connectivity index (χ0) is 28.5. The summed E-state index contributed by atoms with van der Waals surface area (Å²) in [7, 11) is 0. The average Bonchev–Trinajstić information content (AvgIpc) is 3.47. The molecule has 0 saturated carbocycles. The van der Waals surface area contributed by atoms with Crippen LogP contribution >= 0.6 is 11.3 Å². The molecule has 0 bridgehead atoms. The topological polar surface area (TPSA) is 3.24 Å². The minimum Gasteiger partial charge on any atom is -0.308 e. The molecular formula is C40H24FNS. The fourth-order valence-electron chi connectivity index (χ4n) is 6.81. The zero-order valence-electron chi connectivity index (χ0n) is 23.1. The molecule has 9 aromatic rings. The number of hydrogen-bond donors (Lipinski definition) is 0. The van der Waals surface area contributed by atoms with Crippen LogP contribution in [-0.4, -0.2) is 0 Å². The van der Waals surface area contributed by atoms with Crippen molar-refractivity contribution >= 4 is 91.7 Å². The first-order valence-electron chi connectivity index (χ1n) is 14.5. The van der Waals surface area contributed by atoms with Gasteiger partial charge < -0.3 is 4.90 Å². The predicted molar refractivity (Wildman–Crippen MR) is 184 cm³/mol. The lowest BCUT2D eigenvalue weighted by molar-refractivity contribution is 0.628. The lowest BCUT2D eigenvalue weighted by atomic mass is 9.96. The second-order valence-electron chi connectivity index (χ2n) is 11.0. The second kappa shape index (κ2) is 9.38. The summed E-state index contributed by atoms with van der Waals surface area (Å²) in [6.07, 6.45) is 0. The van der Waals surface area contributed by atoms with Crippen LogP contribution in [0.5, 0.6) is 0 Å². The largest absolute Gasteiger partial charge is 0.308 e. The van der Waals surface area contributed by atoms with Gasteiger partial charge in [0.25, 0.3) is 0 Å². The molecule has 1 heterocycles. The van der Waals surface area contributed by atoms with Crippen LogP contribution in [0.15, 0.2) is 146 Å². The van der Waals surface area contributed by atoms with Crippen LogP contribution in [0, 0.1) is 5.82 Å². The van der Waals surface area contributed by atoms with Crippen molar-refractivity contribution in [3.63, 3.8) is 0 Å². The summed E-state index contributed by atoms with van der Waals surface area (Å²) < 4.78 is 16.8. The number of hydrogen-bond acceptors (Lipinski definition) is 2. The third-order valence-corrected chi connectivity index (χ3v) is 9.93. The van der Waals surface area contributed by atoms with Crippen molar-refractivity contribution in [2.45, 2.75) is 0 Å². The molecule has 1 aromatic heterocycles. The van der Waals surface area contributed by atoms with Crippen LogP contribution in [0.2, 0.25) is 0 Å². The van der Waals surface area contributed by atoms with Crippen molar-refractivity contribution in [3.8, 4) is 0 Å². The van der Waals surface area contributed by atoms with E-state index in [9.17, 15) is 4.39 Å². The Bertz CT molecular complexity index is 2530. The summed E-state index contributed by atoms with van der Waals surface area (Å²) >= 11 is 1.85. The van der Waals surface area contributed by atoms with Crippen molar-refractivity contribution in [2.75, 3.05) is 4.90 Å². The van der Waals surface area contributed by atoms with E-state index in [0.29, 0.717) is 0 Å². The lowest BCUT2D eigenvalue weighted by Crippen LogP contribution is -2.11. The van der Waals surface area contributed by atoms with Gasteiger partial charge in [0.15, 0.2) is 0 Å². The molecule has 0 fully saturated rings. The molecule has 0 saturated heterocycles. The molecular weight excluding hydrogens is 546 g/mol. The molecule has 8 aromatic carbocycles. The highest BCUT2D eigenvalue weighted by atomic mass is 32.1. The molecule has 202 valence electrons. The molecule has 0 aliphatic heterocycles. The standard InChI is InChI=1S/C40H24FNS/c41-26-20-22-27(23-21-26)42(37-24-25-10-1-2-11-28(25)29-12-3-6-15-32(29)37)36-19-9-18-35-38-33-16-7-4-13-30(33)31-14-5-8-17-34(31)40(38)43-39(35)36/h1-24H. The van der Waals surface area contributed by atoms with Gasteiger partial charge in [-0.2, -0.15) is 0 Å². The van der Waals surface area contributed by atoms with E-state index in [1.165, 1.54) is 57.9 Å². The summed E-state index contributed by atoms with van der Waals surface area (Å²) in [6, 6.07) is 50.4. The fourth-order valence-corrected chi connectivity index (χ4v) is 8.17. The van der Waals surface area contributed by atoms with E-state index in [2.05, 4.69) is 126 Å². The molecule has 0 amide bonds. The molecule has 3 heteroatoms. The first-order valence-corrected chi connectivity index (χ1v) is 15.3. The summed E-state index contributed by atoms with van der Waals surface area (Å²) in [5.74, 6) is -0.245. The quantitative estimate of drug-likeness (QED) is 0.191. The summed E-state index contributed by atoms with van der Waals surface area (Å²) in [6.45, 7) is 0. The fraction of sp³-hybridized carbons (Fsp3) is 0. The Kier molecular flexibility index (Phi) is 5.32.